The van der Waals surface area contributed by atoms with Crippen LogP contribution in [0, 0.1) is 0 Å². The zero-order valence-electron chi connectivity index (χ0n) is 48.9. The molecule has 2 unspecified atom stereocenters. The van der Waals surface area contributed by atoms with Gasteiger partial charge in [-0.25, -0.2) is 0 Å². The molecule has 0 radical (unpaired) electrons. The van der Waals surface area contributed by atoms with E-state index in [1.165, 1.54) is 263 Å². The van der Waals surface area contributed by atoms with Gasteiger partial charge in [-0.2, -0.15) is 0 Å². The van der Waals surface area contributed by atoms with Crippen molar-refractivity contribution >= 4 is 11.9 Å². The smallest absolute Gasteiger partial charge is 0.305 e. The Bertz CT molecular complexity index is 1230. The number of ether oxygens (including phenoxy) is 1. The molecular formula is C67H125NO5. The average Bonchev–Trinajstić information content (AvgIpc) is 3.39. The van der Waals surface area contributed by atoms with Crippen molar-refractivity contribution in [3.05, 3.63) is 48.6 Å². The van der Waals surface area contributed by atoms with Crippen LogP contribution in [0.2, 0.25) is 0 Å². The number of hydrogen-bond acceptors (Lipinski definition) is 5. The largest absolute Gasteiger partial charge is 0.466 e. The van der Waals surface area contributed by atoms with E-state index in [9.17, 15) is 19.8 Å². The van der Waals surface area contributed by atoms with Crippen molar-refractivity contribution in [2.45, 2.75) is 353 Å². The minimum Gasteiger partial charge on any atom is -0.466 e. The minimum atomic E-state index is -0.849. The number of nitrogens with one attached hydrogen (secondary N) is 1. The molecule has 0 aliphatic rings. The van der Waals surface area contributed by atoms with Crippen LogP contribution in [0.25, 0.3) is 0 Å². The van der Waals surface area contributed by atoms with E-state index >= 15 is 0 Å². The lowest BCUT2D eigenvalue weighted by Crippen LogP contribution is -2.45. The fraction of sp³-hybridized carbons (Fsp3) is 0.851. The van der Waals surface area contributed by atoms with E-state index < -0.39 is 12.1 Å². The minimum absolute atomic E-state index is 0.00102. The van der Waals surface area contributed by atoms with Crippen LogP contribution >= 0.6 is 0 Å². The molecule has 428 valence electrons. The Labute approximate surface area is 455 Å². The quantitative estimate of drug-likeness (QED) is 0.0320. The van der Waals surface area contributed by atoms with Crippen LogP contribution < -0.4 is 5.32 Å². The van der Waals surface area contributed by atoms with Crippen LogP contribution in [0.5, 0.6) is 0 Å². The van der Waals surface area contributed by atoms with Gasteiger partial charge < -0.3 is 20.3 Å². The maximum atomic E-state index is 12.5. The van der Waals surface area contributed by atoms with Gasteiger partial charge in [-0.05, 0) is 89.9 Å². The Morgan fingerprint density at radius 2 is 0.685 bits per heavy atom. The Hall–Kier alpha value is -2.18. The molecule has 73 heavy (non-hydrogen) atoms. The molecule has 0 aliphatic carbocycles. The summed E-state index contributed by atoms with van der Waals surface area (Å²) in [4.78, 5) is 24.5. The number of esters is 1. The average molecular weight is 1020 g/mol. The molecule has 0 aromatic carbocycles. The number of amides is 1. The van der Waals surface area contributed by atoms with E-state index in [0.717, 1.165) is 51.4 Å². The lowest BCUT2D eigenvalue weighted by molar-refractivity contribution is -0.143. The molecule has 3 N–H and O–H groups in total. The molecule has 0 heterocycles. The Morgan fingerprint density at radius 1 is 0.384 bits per heavy atom. The second kappa shape index (κ2) is 62.4. The summed E-state index contributed by atoms with van der Waals surface area (Å²) in [6, 6.07) is -0.633. The SMILES string of the molecule is CCCCCCCCC/C=C\CCCCCCCC(=O)OCCCCCCCCCCC/C=C\C/C=C\CCCCCCCCCCCC(=O)NC(CO)C(O)/C=C/CCCCCCCCCCCCCCC. The van der Waals surface area contributed by atoms with E-state index in [4.69, 9.17) is 4.74 Å². The maximum absolute atomic E-state index is 12.5. The summed E-state index contributed by atoms with van der Waals surface area (Å²) >= 11 is 0. The van der Waals surface area contributed by atoms with Gasteiger partial charge in [0.25, 0.3) is 0 Å². The molecule has 0 fully saturated rings. The van der Waals surface area contributed by atoms with Crippen LogP contribution in [-0.4, -0.2) is 47.4 Å². The van der Waals surface area contributed by atoms with Gasteiger partial charge in [-0.1, -0.05) is 287 Å². The summed E-state index contributed by atoms with van der Waals surface area (Å²) < 4.78 is 5.48. The molecular weight excluding hydrogens is 899 g/mol. The van der Waals surface area contributed by atoms with Crippen LogP contribution in [0.4, 0.5) is 0 Å². The number of aliphatic hydroxyl groups is 2. The monoisotopic (exact) mass is 1020 g/mol. The Kier molecular flexibility index (Phi) is 60.5. The molecule has 1 amide bonds. The van der Waals surface area contributed by atoms with Crippen molar-refractivity contribution < 1.29 is 24.5 Å². The molecule has 0 saturated heterocycles. The predicted octanol–water partition coefficient (Wildman–Crippen LogP) is 20.5. The summed E-state index contributed by atoms with van der Waals surface area (Å²) in [6.45, 7) is 4.90. The number of allylic oxidation sites excluding steroid dienone is 7. The Balaban J connectivity index is 3.45. The second-order valence-electron chi connectivity index (χ2n) is 22.1. The summed E-state index contributed by atoms with van der Waals surface area (Å²) in [7, 11) is 0. The molecule has 0 spiro atoms. The van der Waals surface area contributed by atoms with Crippen molar-refractivity contribution in [2.75, 3.05) is 13.2 Å². The van der Waals surface area contributed by atoms with Gasteiger partial charge in [0, 0.05) is 12.8 Å². The Morgan fingerprint density at radius 3 is 1.05 bits per heavy atom. The van der Waals surface area contributed by atoms with Gasteiger partial charge in [0.2, 0.25) is 5.91 Å². The first kappa shape index (κ1) is 70.8. The number of rotatable bonds is 60. The van der Waals surface area contributed by atoms with Gasteiger partial charge in [0.05, 0.1) is 25.4 Å². The van der Waals surface area contributed by atoms with E-state index in [1.54, 1.807) is 6.08 Å². The molecule has 6 nitrogen and oxygen atoms in total. The third-order valence-electron chi connectivity index (χ3n) is 14.8. The predicted molar refractivity (Wildman–Crippen MR) is 319 cm³/mol. The number of hydrogen-bond donors (Lipinski definition) is 3. The van der Waals surface area contributed by atoms with Crippen molar-refractivity contribution in [3.8, 4) is 0 Å². The summed E-state index contributed by atoms with van der Waals surface area (Å²) in [5.74, 6) is -0.0724. The highest BCUT2D eigenvalue weighted by Gasteiger charge is 2.18. The van der Waals surface area contributed by atoms with E-state index in [-0.39, 0.29) is 18.5 Å². The number of aliphatic hydroxyl groups excluding tert-OH is 2. The first-order valence-corrected chi connectivity index (χ1v) is 32.4. The van der Waals surface area contributed by atoms with Crippen molar-refractivity contribution in [2.24, 2.45) is 0 Å². The fourth-order valence-corrected chi connectivity index (χ4v) is 9.84. The molecule has 2 atom stereocenters. The van der Waals surface area contributed by atoms with Crippen LogP contribution in [-0.2, 0) is 14.3 Å². The molecule has 0 bridgehead atoms. The molecule has 0 aliphatic heterocycles. The summed E-state index contributed by atoms with van der Waals surface area (Å²) in [6.07, 6.45) is 80.2. The molecule has 0 rings (SSSR count). The second-order valence-corrected chi connectivity index (χ2v) is 22.1. The third-order valence-corrected chi connectivity index (χ3v) is 14.8. The highest BCUT2D eigenvalue weighted by Crippen LogP contribution is 2.17. The van der Waals surface area contributed by atoms with Crippen molar-refractivity contribution in [3.63, 3.8) is 0 Å². The molecule has 0 aromatic rings. The first-order valence-electron chi connectivity index (χ1n) is 32.4. The summed E-state index contributed by atoms with van der Waals surface area (Å²) in [5.41, 5.74) is 0. The molecule has 6 heteroatoms. The topological polar surface area (TPSA) is 95.9 Å². The molecule has 0 aromatic heterocycles. The van der Waals surface area contributed by atoms with Crippen LogP contribution in [0.3, 0.4) is 0 Å². The van der Waals surface area contributed by atoms with Crippen LogP contribution in [0.15, 0.2) is 48.6 Å². The van der Waals surface area contributed by atoms with E-state index in [2.05, 4.69) is 55.6 Å². The highest BCUT2D eigenvalue weighted by atomic mass is 16.5. The van der Waals surface area contributed by atoms with E-state index in [0.29, 0.717) is 19.4 Å². The van der Waals surface area contributed by atoms with Crippen molar-refractivity contribution in [1.29, 1.82) is 0 Å². The fourth-order valence-electron chi connectivity index (χ4n) is 9.84. The van der Waals surface area contributed by atoms with Crippen molar-refractivity contribution in [1.82, 2.24) is 5.32 Å². The van der Waals surface area contributed by atoms with Gasteiger partial charge in [0.15, 0.2) is 0 Å². The van der Waals surface area contributed by atoms with E-state index in [1.807, 2.05) is 6.08 Å². The zero-order valence-corrected chi connectivity index (χ0v) is 48.9. The third kappa shape index (κ3) is 58.9. The number of carbonyl (C=O) groups excluding carboxylic acids is 2. The van der Waals surface area contributed by atoms with Gasteiger partial charge in [0.1, 0.15) is 0 Å². The lowest BCUT2D eigenvalue weighted by atomic mass is 10.0. The first-order chi connectivity index (χ1) is 36.0. The highest BCUT2D eigenvalue weighted by molar-refractivity contribution is 5.76. The summed E-state index contributed by atoms with van der Waals surface area (Å²) in [5, 5.41) is 23.1. The number of carbonyl (C=O) groups is 2. The van der Waals surface area contributed by atoms with Gasteiger partial charge in [-0.3, -0.25) is 9.59 Å². The van der Waals surface area contributed by atoms with Crippen LogP contribution in [0.1, 0.15) is 341 Å². The maximum Gasteiger partial charge on any atom is 0.305 e. The molecule has 0 saturated carbocycles. The lowest BCUT2D eigenvalue weighted by Gasteiger charge is -2.20. The number of unbranched alkanes of at least 4 members (excludes halogenated alkanes) is 43. The normalized spacial score (nSPS) is 12.9. The van der Waals surface area contributed by atoms with Gasteiger partial charge in [-0.15, -0.1) is 0 Å². The standard InChI is InChI=1S/C67H125NO5/c1-3-5-7-9-11-13-15-17-19-33-37-41-45-49-53-57-61-67(72)73-62-58-54-50-46-42-38-34-30-28-26-24-22-20-21-23-25-27-29-32-36-40-44-48-52-56-60-66(71)68-64(63-69)65(70)59-55-51-47-43-39-35-31-18-16-14-12-10-8-6-4-2/h19,21-24,33,55,59,64-65,69-70H,3-18,20,25-32,34-54,56-58,60-63H2,1-2H3,(H,68,71)/b23-21-,24-22-,33-19-,59-55+. The van der Waals surface area contributed by atoms with Gasteiger partial charge >= 0.3 is 5.97 Å². The zero-order chi connectivity index (χ0) is 52.9.